The first kappa shape index (κ1) is 25.1. The van der Waals surface area contributed by atoms with Gasteiger partial charge in [-0.25, -0.2) is 0 Å². The van der Waals surface area contributed by atoms with E-state index in [1.54, 1.807) is 43.3 Å². The molecule has 0 N–H and O–H groups in total. The van der Waals surface area contributed by atoms with Crippen LogP contribution >= 0.6 is 0 Å². The molecule has 1 aromatic heterocycles. The molecule has 188 valence electrons. The van der Waals surface area contributed by atoms with E-state index in [-0.39, 0.29) is 35.2 Å². The standard InChI is InChI=1S/C27H28N2O7/c1-16-12-19(21-17(2)22(30)25(33-3)26(34-4)23(21)31)13-20(27(32)29-8-10-35-11-9-29)24(16)36-15-18-6-5-7-28-14-18/h5-7,12-14H,8-11,15H2,1-4H3. The van der Waals surface area contributed by atoms with Crippen molar-refractivity contribution >= 4 is 23.0 Å². The normalized spacial score (nSPS) is 16.4. The molecular weight excluding hydrogens is 464 g/mol. The van der Waals surface area contributed by atoms with E-state index in [4.69, 9.17) is 18.9 Å². The van der Waals surface area contributed by atoms with E-state index in [1.165, 1.54) is 14.2 Å². The second kappa shape index (κ2) is 10.7. The Morgan fingerprint density at radius 3 is 2.39 bits per heavy atom. The van der Waals surface area contributed by atoms with Crippen molar-refractivity contribution in [3.05, 3.63) is 76.0 Å². The number of nitrogens with zero attached hydrogens (tertiary/aromatic N) is 2. The van der Waals surface area contributed by atoms with Gasteiger partial charge in [-0.3, -0.25) is 19.4 Å². The number of carbonyl (C=O) groups excluding carboxylic acids is 3. The number of aryl methyl sites for hydroxylation is 1. The average molecular weight is 493 g/mol. The summed E-state index contributed by atoms with van der Waals surface area (Å²) in [5, 5.41) is 0. The lowest BCUT2D eigenvalue weighted by molar-refractivity contribution is -0.119. The number of hydrogen-bond donors (Lipinski definition) is 0. The Bertz CT molecular complexity index is 1260. The minimum absolute atomic E-state index is 0.137. The zero-order valence-corrected chi connectivity index (χ0v) is 20.8. The van der Waals surface area contributed by atoms with Crippen molar-refractivity contribution in [2.75, 3.05) is 40.5 Å². The highest BCUT2D eigenvalue weighted by Crippen LogP contribution is 2.36. The Balaban J connectivity index is 1.80. The van der Waals surface area contributed by atoms with Crippen molar-refractivity contribution in [1.82, 2.24) is 9.88 Å². The average Bonchev–Trinajstić information content (AvgIpc) is 2.90. The molecule has 0 radical (unpaired) electrons. The van der Waals surface area contributed by atoms with Crippen LogP contribution < -0.4 is 4.74 Å². The van der Waals surface area contributed by atoms with Gasteiger partial charge in [0.2, 0.25) is 23.1 Å². The van der Waals surface area contributed by atoms with Gasteiger partial charge in [-0.15, -0.1) is 0 Å². The Labute approximate surface area is 209 Å². The molecule has 2 heterocycles. The summed E-state index contributed by atoms with van der Waals surface area (Å²) in [5.74, 6) is -1.07. The number of Topliss-reactive ketones (excluding diaryl/α,β-unsaturated/α-hetero) is 2. The summed E-state index contributed by atoms with van der Waals surface area (Å²) in [6, 6.07) is 7.04. The second-order valence-electron chi connectivity index (χ2n) is 8.45. The molecule has 9 nitrogen and oxygen atoms in total. The van der Waals surface area contributed by atoms with Gasteiger partial charge in [-0.1, -0.05) is 6.07 Å². The largest absolute Gasteiger partial charge is 0.489 e. The fourth-order valence-electron chi connectivity index (χ4n) is 4.34. The van der Waals surface area contributed by atoms with E-state index in [0.717, 1.165) is 5.56 Å². The molecule has 1 saturated heterocycles. The van der Waals surface area contributed by atoms with Crippen molar-refractivity contribution in [1.29, 1.82) is 0 Å². The molecular formula is C27H28N2O7. The topological polar surface area (TPSA) is 104 Å². The van der Waals surface area contributed by atoms with Crippen LogP contribution in [-0.2, 0) is 30.4 Å². The Morgan fingerprint density at radius 2 is 1.75 bits per heavy atom. The molecule has 2 aromatic rings. The number of rotatable bonds is 7. The molecule has 0 unspecified atom stereocenters. The maximum absolute atomic E-state index is 13.6. The molecule has 0 spiro atoms. The van der Waals surface area contributed by atoms with Gasteiger partial charge in [0, 0.05) is 42.2 Å². The summed E-state index contributed by atoms with van der Waals surface area (Å²) in [7, 11) is 2.63. The van der Waals surface area contributed by atoms with E-state index < -0.39 is 11.6 Å². The van der Waals surface area contributed by atoms with Gasteiger partial charge in [0.05, 0.1) is 33.0 Å². The summed E-state index contributed by atoms with van der Waals surface area (Å²) in [4.78, 5) is 45.7. The molecule has 0 bridgehead atoms. The number of aromatic nitrogens is 1. The van der Waals surface area contributed by atoms with Crippen molar-refractivity contribution in [2.45, 2.75) is 20.5 Å². The minimum Gasteiger partial charge on any atom is -0.489 e. The van der Waals surface area contributed by atoms with Gasteiger partial charge < -0.3 is 23.8 Å². The van der Waals surface area contributed by atoms with Crippen LogP contribution in [0.3, 0.4) is 0 Å². The van der Waals surface area contributed by atoms with Crippen LogP contribution in [0.5, 0.6) is 5.75 Å². The Morgan fingerprint density at radius 1 is 1.06 bits per heavy atom. The highest BCUT2D eigenvalue weighted by Gasteiger charge is 2.36. The van der Waals surface area contributed by atoms with Crippen molar-refractivity contribution in [3.8, 4) is 5.75 Å². The molecule has 1 amide bonds. The lowest BCUT2D eigenvalue weighted by Crippen LogP contribution is -2.41. The van der Waals surface area contributed by atoms with Gasteiger partial charge in [-0.05, 0) is 43.2 Å². The molecule has 1 aliphatic heterocycles. The summed E-state index contributed by atoms with van der Waals surface area (Å²) < 4.78 is 21.9. The fraction of sp³-hybridized carbons (Fsp3) is 0.333. The molecule has 1 aromatic carbocycles. The van der Waals surface area contributed by atoms with Crippen LogP contribution in [0.2, 0.25) is 0 Å². The number of pyridine rings is 1. The molecule has 0 saturated carbocycles. The third-order valence-corrected chi connectivity index (χ3v) is 6.17. The lowest BCUT2D eigenvalue weighted by Gasteiger charge is -2.28. The highest BCUT2D eigenvalue weighted by molar-refractivity contribution is 6.38. The maximum Gasteiger partial charge on any atom is 0.257 e. The number of benzene rings is 1. The maximum atomic E-state index is 13.6. The zero-order valence-electron chi connectivity index (χ0n) is 20.8. The van der Waals surface area contributed by atoms with E-state index in [2.05, 4.69) is 4.98 Å². The van der Waals surface area contributed by atoms with E-state index in [9.17, 15) is 14.4 Å². The number of hydrogen-bond acceptors (Lipinski definition) is 8. The zero-order chi connectivity index (χ0) is 25.8. The SMILES string of the molecule is COC1=C(OC)C(=O)C(c2cc(C)c(OCc3cccnc3)c(C(=O)N3CCOCC3)c2)=C(C)C1=O. The fourth-order valence-corrected chi connectivity index (χ4v) is 4.34. The first-order chi connectivity index (χ1) is 17.4. The number of ether oxygens (including phenoxy) is 4. The minimum atomic E-state index is -0.486. The number of allylic oxidation sites excluding steroid dienone is 2. The number of ketones is 2. The molecule has 9 heteroatoms. The number of methoxy groups -OCH3 is 2. The lowest BCUT2D eigenvalue weighted by atomic mass is 9.86. The van der Waals surface area contributed by atoms with E-state index in [0.29, 0.717) is 48.7 Å². The molecule has 36 heavy (non-hydrogen) atoms. The number of morpholine rings is 1. The van der Waals surface area contributed by atoms with E-state index >= 15 is 0 Å². The highest BCUT2D eigenvalue weighted by atomic mass is 16.5. The third-order valence-electron chi connectivity index (χ3n) is 6.17. The van der Waals surface area contributed by atoms with Gasteiger partial charge >= 0.3 is 0 Å². The predicted molar refractivity (Wildman–Crippen MR) is 130 cm³/mol. The van der Waals surface area contributed by atoms with Gasteiger partial charge in [0.1, 0.15) is 12.4 Å². The summed E-state index contributed by atoms with van der Waals surface area (Å²) in [6.45, 7) is 5.34. The number of carbonyl (C=O) groups is 3. The first-order valence-electron chi connectivity index (χ1n) is 11.5. The Hall–Kier alpha value is -3.98. The van der Waals surface area contributed by atoms with Gasteiger partial charge in [-0.2, -0.15) is 0 Å². The predicted octanol–water partition coefficient (Wildman–Crippen LogP) is 2.87. The van der Waals surface area contributed by atoms with E-state index in [1.807, 2.05) is 12.1 Å². The van der Waals surface area contributed by atoms with Crippen LogP contribution in [0, 0.1) is 6.92 Å². The quantitative estimate of drug-likeness (QED) is 0.544. The third kappa shape index (κ3) is 4.74. The molecule has 2 aliphatic rings. The summed E-state index contributed by atoms with van der Waals surface area (Å²) in [5.41, 5.74) is 2.60. The first-order valence-corrected chi connectivity index (χ1v) is 11.5. The van der Waals surface area contributed by atoms with Crippen LogP contribution in [0.1, 0.15) is 34.0 Å². The van der Waals surface area contributed by atoms with Crippen molar-refractivity contribution < 1.29 is 33.3 Å². The summed E-state index contributed by atoms with van der Waals surface area (Å²) >= 11 is 0. The Kier molecular flexibility index (Phi) is 7.49. The van der Waals surface area contributed by atoms with Crippen LogP contribution in [-0.4, -0.2) is 67.9 Å². The van der Waals surface area contributed by atoms with Crippen molar-refractivity contribution in [3.63, 3.8) is 0 Å². The van der Waals surface area contributed by atoms with Gasteiger partial charge in [0.25, 0.3) is 5.91 Å². The monoisotopic (exact) mass is 492 g/mol. The molecule has 0 atom stereocenters. The molecule has 1 aliphatic carbocycles. The van der Waals surface area contributed by atoms with Crippen molar-refractivity contribution in [2.24, 2.45) is 0 Å². The molecule has 4 rings (SSSR count). The van der Waals surface area contributed by atoms with Crippen LogP contribution in [0.25, 0.3) is 5.57 Å². The smallest absolute Gasteiger partial charge is 0.257 e. The van der Waals surface area contributed by atoms with Crippen LogP contribution in [0.15, 0.2) is 53.8 Å². The second-order valence-corrected chi connectivity index (χ2v) is 8.45. The van der Waals surface area contributed by atoms with Crippen LogP contribution in [0.4, 0.5) is 0 Å². The summed E-state index contributed by atoms with van der Waals surface area (Å²) in [6.07, 6.45) is 3.37. The molecule has 1 fully saturated rings. The number of amides is 1. The van der Waals surface area contributed by atoms with Gasteiger partial charge in [0.15, 0.2) is 0 Å².